The first-order valence-corrected chi connectivity index (χ1v) is 8.68. The number of rotatable bonds is 4. The zero-order valence-electron chi connectivity index (χ0n) is 14.5. The molecule has 1 N–H and O–H groups in total. The molecular weight excluding hydrogens is 304 g/mol. The number of hydrogen-bond acceptors (Lipinski definition) is 5. The van der Waals surface area contributed by atoms with Crippen molar-refractivity contribution >= 4 is 0 Å². The van der Waals surface area contributed by atoms with E-state index in [1.54, 1.807) is 14.2 Å². The Morgan fingerprint density at radius 3 is 2.75 bits per heavy atom. The van der Waals surface area contributed by atoms with Crippen LogP contribution in [0.15, 0.2) is 18.2 Å². The van der Waals surface area contributed by atoms with E-state index in [0.29, 0.717) is 18.0 Å². The van der Waals surface area contributed by atoms with Crippen LogP contribution >= 0.6 is 0 Å². The maximum Gasteiger partial charge on any atom is 0.161 e. The SMILES string of the molecule is COc1ccc([C@H]2[C@H]3CCCC[C@@]3(O)CCN2CC#N)cc1OC. The average molecular weight is 330 g/mol. The molecule has 130 valence electrons. The normalized spacial score (nSPS) is 30.2. The zero-order valence-corrected chi connectivity index (χ0v) is 14.5. The summed E-state index contributed by atoms with van der Waals surface area (Å²) in [5, 5.41) is 20.4. The van der Waals surface area contributed by atoms with E-state index in [-0.39, 0.29) is 12.0 Å². The summed E-state index contributed by atoms with van der Waals surface area (Å²) in [6.07, 6.45) is 4.84. The summed E-state index contributed by atoms with van der Waals surface area (Å²) in [6, 6.07) is 8.27. The third-order valence-electron chi connectivity index (χ3n) is 5.69. The third-order valence-corrected chi connectivity index (χ3v) is 5.69. The van der Waals surface area contributed by atoms with E-state index < -0.39 is 5.60 Å². The van der Waals surface area contributed by atoms with Gasteiger partial charge in [0.2, 0.25) is 0 Å². The lowest BCUT2D eigenvalue weighted by molar-refractivity contribution is -0.121. The molecule has 1 saturated heterocycles. The van der Waals surface area contributed by atoms with E-state index in [9.17, 15) is 10.4 Å². The Kier molecular flexibility index (Phi) is 4.98. The molecule has 1 aliphatic heterocycles. The first-order chi connectivity index (χ1) is 11.6. The Labute approximate surface area is 143 Å². The van der Waals surface area contributed by atoms with Crippen LogP contribution in [0.2, 0.25) is 0 Å². The second kappa shape index (κ2) is 7.00. The van der Waals surface area contributed by atoms with Crippen LogP contribution in [-0.4, -0.2) is 42.9 Å². The first-order valence-electron chi connectivity index (χ1n) is 8.68. The lowest BCUT2D eigenvalue weighted by Crippen LogP contribution is -2.54. The van der Waals surface area contributed by atoms with Crippen LogP contribution in [0.25, 0.3) is 0 Å². The fourth-order valence-electron chi connectivity index (χ4n) is 4.49. The largest absolute Gasteiger partial charge is 0.493 e. The third kappa shape index (κ3) is 2.97. The predicted molar refractivity (Wildman–Crippen MR) is 91.0 cm³/mol. The Morgan fingerprint density at radius 1 is 1.25 bits per heavy atom. The number of nitrogens with zero attached hydrogens (tertiary/aromatic N) is 2. The van der Waals surface area contributed by atoms with Crippen LogP contribution in [0.1, 0.15) is 43.7 Å². The van der Waals surface area contributed by atoms with Crippen molar-refractivity contribution < 1.29 is 14.6 Å². The molecule has 1 saturated carbocycles. The van der Waals surface area contributed by atoms with Crippen molar-refractivity contribution in [2.75, 3.05) is 27.3 Å². The Balaban J connectivity index is 2.00. The van der Waals surface area contributed by atoms with Gasteiger partial charge in [0.25, 0.3) is 0 Å². The monoisotopic (exact) mass is 330 g/mol. The summed E-state index contributed by atoms with van der Waals surface area (Å²) in [5.74, 6) is 1.55. The Morgan fingerprint density at radius 2 is 2.04 bits per heavy atom. The summed E-state index contributed by atoms with van der Waals surface area (Å²) < 4.78 is 10.8. The van der Waals surface area contributed by atoms with E-state index in [1.165, 1.54) is 0 Å². The number of nitriles is 1. The van der Waals surface area contributed by atoms with E-state index in [0.717, 1.165) is 44.2 Å². The highest BCUT2D eigenvalue weighted by atomic mass is 16.5. The van der Waals surface area contributed by atoms with Crippen LogP contribution in [0.4, 0.5) is 0 Å². The van der Waals surface area contributed by atoms with Crippen LogP contribution < -0.4 is 9.47 Å². The van der Waals surface area contributed by atoms with Crippen molar-refractivity contribution in [3.8, 4) is 17.6 Å². The summed E-state index contributed by atoms with van der Waals surface area (Å²) in [5.41, 5.74) is 0.482. The van der Waals surface area contributed by atoms with E-state index in [1.807, 2.05) is 18.2 Å². The van der Waals surface area contributed by atoms with Crippen molar-refractivity contribution in [1.82, 2.24) is 4.90 Å². The second-order valence-corrected chi connectivity index (χ2v) is 6.89. The number of likely N-dealkylation sites (tertiary alicyclic amines) is 1. The quantitative estimate of drug-likeness (QED) is 0.860. The standard InChI is InChI=1S/C19H26N2O3/c1-23-16-7-6-14(13-17(16)24-2)18-15-5-3-4-8-19(15,22)9-11-21(18)12-10-20/h6-7,13,15,18,22H,3-5,8-9,11-12H2,1-2H3/t15-,18+,19-/m1/s1. The topological polar surface area (TPSA) is 65.7 Å². The number of hydrogen-bond donors (Lipinski definition) is 1. The van der Waals surface area contributed by atoms with Gasteiger partial charge in [0, 0.05) is 18.5 Å². The highest BCUT2D eigenvalue weighted by Gasteiger charge is 2.48. The molecule has 1 aliphatic carbocycles. The molecule has 5 nitrogen and oxygen atoms in total. The fraction of sp³-hybridized carbons (Fsp3) is 0.632. The number of piperidine rings is 1. The molecule has 1 heterocycles. The summed E-state index contributed by atoms with van der Waals surface area (Å²) in [7, 11) is 3.26. The average Bonchev–Trinajstić information content (AvgIpc) is 2.61. The van der Waals surface area contributed by atoms with Gasteiger partial charge < -0.3 is 14.6 Å². The number of ether oxygens (including phenoxy) is 2. The molecule has 3 atom stereocenters. The van der Waals surface area contributed by atoms with Gasteiger partial charge in [0.15, 0.2) is 11.5 Å². The molecule has 0 bridgehead atoms. The van der Waals surface area contributed by atoms with Gasteiger partial charge in [-0.05, 0) is 37.0 Å². The second-order valence-electron chi connectivity index (χ2n) is 6.89. The smallest absolute Gasteiger partial charge is 0.161 e. The Bertz CT molecular complexity index is 628. The van der Waals surface area contributed by atoms with Gasteiger partial charge in [-0.3, -0.25) is 4.90 Å². The number of aliphatic hydroxyl groups is 1. The van der Waals surface area contributed by atoms with Crippen molar-refractivity contribution in [2.45, 2.75) is 43.7 Å². The van der Waals surface area contributed by atoms with Crippen molar-refractivity contribution in [1.29, 1.82) is 5.26 Å². The molecule has 24 heavy (non-hydrogen) atoms. The maximum absolute atomic E-state index is 11.2. The van der Waals surface area contributed by atoms with Gasteiger partial charge in [-0.2, -0.15) is 5.26 Å². The molecule has 3 rings (SSSR count). The molecule has 0 spiro atoms. The van der Waals surface area contributed by atoms with Gasteiger partial charge >= 0.3 is 0 Å². The van der Waals surface area contributed by atoms with Gasteiger partial charge in [0.05, 0.1) is 32.4 Å². The fourth-order valence-corrected chi connectivity index (χ4v) is 4.49. The summed E-state index contributed by atoms with van der Waals surface area (Å²) >= 11 is 0. The molecule has 0 aromatic heterocycles. The van der Waals surface area contributed by atoms with Crippen LogP contribution in [0.3, 0.4) is 0 Å². The highest BCUT2D eigenvalue weighted by Crippen LogP contribution is 2.49. The first kappa shape index (κ1) is 17.1. The molecule has 1 aromatic rings. The van der Waals surface area contributed by atoms with Crippen LogP contribution in [0.5, 0.6) is 11.5 Å². The minimum atomic E-state index is -0.609. The molecule has 2 fully saturated rings. The number of fused-ring (bicyclic) bond motifs is 1. The molecule has 1 aromatic carbocycles. The van der Waals surface area contributed by atoms with Gasteiger partial charge in [-0.25, -0.2) is 0 Å². The minimum absolute atomic E-state index is 0.0449. The highest BCUT2D eigenvalue weighted by molar-refractivity contribution is 5.44. The molecule has 0 amide bonds. The molecule has 0 radical (unpaired) electrons. The van der Waals surface area contributed by atoms with Crippen molar-refractivity contribution in [3.63, 3.8) is 0 Å². The summed E-state index contributed by atoms with van der Waals surface area (Å²) in [6.45, 7) is 1.13. The van der Waals surface area contributed by atoms with Gasteiger partial charge in [0.1, 0.15) is 0 Å². The molecule has 0 unspecified atom stereocenters. The number of benzene rings is 1. The van der Waals surface area contributed by atoms with Crippen molar-refractivity contribution in [3.05, 3.63) is 23.8 Å². The zero-order chi connectivity index (χ0) is 17.2. The molecular formula is C19H26N2O3. The predicted octanol–water partition coefficient (Wildman–Crippen LogP) is 2.90. The van der Waals surface area contributed by atoms with E-state index >= 15 is 0 Å². The molecule has 5 heteroatoms. The van der Waals surface area contributed by atoms with E-state index in [4.69, 9.17) is 9.47 Å². The van der Waals surface area contributed by atoms with Gasteiger partial charge in [-0.1, -0.05) is 18.9 Å². The van der Waals surface area contributed by atoms with E-state index in [2.05, 4.69) is 11.0 Å². The van der Waals surface area contributed by atoms with Gasteiger partial charge in [-0.15, -0.1) is 0 Å². The van der Waals surface area contributed by atoms with Crippen molar-refractivity contribution in [2.24, 2.45) is 5.92 Å². The Hall–Kier alpha value is -1.77. The maximum atomic E-state index is 11.2. The lowest BCUT2D eigenvalue weighted by atomic mass is 9.66. The van der Waals surface area contributed by atoms with Crippen LogP contribution in [-0.2, 0) is 0 Å². The summed E-state index contributed by atoms with van der Waals surface area (Å²) in [4.78, 5) is 2.20. The van der Waals surface area contributed by atoms with Crippen LogP contribution in [0, 0.1) is 17.2 Å². The minimum Gasteiger partial charge on any atom is -0.493 e. The number of methoxy groups -OCH3 is 2. The lowest BCUT2D eigenvalue weighted by Gasteiger charge is -2.52. The molecule has 2 aliphatic rings.